The van der Waals surface area contributed by atoms with Gasteiger partial charge in [-0.25, -0.2) is 8.78 Å². The maximum atomic E-state index is 14.2. The Morgan fingerprint density at radius 1 is 1.00 bits per heavy atom. The van der Waals surface area contributed by atoms with Gasteiger partial charge in [-0.15, -0.1) is 23.2 Å². The van der Waals surface area contributed by atoms with Crippen molar-refractivity contribution in [3.8, 4) is 0 Å². The second kappa shape index (κ2) is 9.49. The van der Waals surface area contributed by atoms with E-state index >= 15 is 0 Å². The van der Waals surface area contributed by atoms with Crippen molar-refractivity contribution in [1.82, 2.24) is 0 Å². The third-order valence-electron chi connectivity index (χ3n) is 5.42. The SMILES string of the molecule is Nc1c(F)ccc(NC(=O)c2cc(NC(=O)[C@H]3[C@H](c4ccc(I)cc4)C3(Cl)Cl)ccc2Cl)c1F. The molecule has 1 saturated carbocycles. The Kier molecular flexibility index (Phi) is 6.97. The van der Waals surface area contributed by atoms with Crippen molar-refractivity contribution in [2.45, 2.75) is 10.3 Å². The Morgan fingerprint density at radius 2 is 1.68 bits per heavy atom. The molecular weight excluding hydrogens is 622 g/mol. The van der Waals surface area contributed by atoms with Gasteiger partial charge in [-0.3, -0.25) is 9.59 Å². The number of nitrogens with one attached hydrogen (secondary N) is 2. The van der Waals surface area contributed by atoms with Crippen LogP contribution in [0.3, 0.4) is 0 Å². The highest BCUT2D eigenvalue weighted by Crippen LogP contribution is 2.65. The van der Waals surface area contributed by atoms with E-state index in [1.165, 1.54) is 18.2 Å². The van der Waals surface area contributed by atoms with E-state index in [2.05, 4.69) is 33.2 Å². The topological polar surface area (TPSA) is 84.2 Å². The molecule has 0 radical (unpaired) electrons. The fourth-order valence-electron chi connectivity index (χ4n) is 3.59. The van der Waals surface area contributed by atoms with Gasteiger partial charge in [0, 0.05) is 15.2 Å². The first-order valence-corrected chi connectivity index (χ1v) is 12.0. The summed E-state index contributed by atoms with van der Waals surface area (Å²) in [5.74, 6) is -4.37. The number of nitrogen functional groups attached to an aromatic ring is 1. The molecule has 0 spiro atoms. The van der Waals surface area contributed by atoms with E-state index in [4.69, 9.17) is 40.5 Å². The van der Waals surface area contributed by atoms with Crippen LogP contribution in [0.25, 0.3) is 0 Å². The Bertz CT molecular complexity index is 1310. The molecule has 0 aliphatic heterocycles. The standard InChI is InChI=1S/C23H15Cl3F2IN3O2/c24-14-6-5-12(9-13(14)21(33)32-16-8-7-15(27)20(30)19(16)28)31-22(34)18-17(23(18,25)26)10-1-3-11(29)4-2-10/h1-9,17-18H,30H2,(H,31,34)(H,32,33)/t17-,18+/m0/s1. The number of carbonyl (C=O) groups excluding carboxylic acids is 2. The van der Waals surface area contributed by atoms with Gasteiger partial charge in [0.15, 0.2) is 5.82 Å². The zero-order chi connectivity index (χ0) is 24.8. The number of carbonyl (C=O) groups is 2. The van der Waals surface area contributed by atoms with Gasteiger partial charge in [-0.05, 0) is 70.6 Å². The number of halogens is 6. The van der Waals surface area contributed by atoms with Crippen molar-refractivity contribution in [3.05, 3.63) is 86.0 Å². The maximum absolute atomic E-state index is 14.2. The van der Waals surface area contributed by atoms with Crippen molar-refractivity contribution in [3.63, 3.8) is 0 Å². The molecule has 11 heteroatoms. The number of hydrogen-bond acceptors (Lipinski definition) is 3. The van der Waals surface area contributed by atoms with E-state index in [1.807, 2.05) is 24.3 Å². The molecule has 34 heavy (non-hydrogen) atoms. The van der Waals surface area contributed by atoms with Crippen LogP contribution in [0, 0.1) is 21.1 Å². The minimum absolute atomic E-state index is 0.0465. The summed E-state index contributed by atoms with van der Waals surface area (Å²) >= 11 is 21.1. The summed E-state index contributed by atoms with van der Waals surface area (Å²) in [6.07, 6.45) is 0. The Balaban J connectivity index is 1.51. The average Bonchev–Trinajstić information content (AvgIpc) is 3.37. The lowest BCUT2D eigenvalue weighted by atomic mass is 10.1. The quantitative estimate of drug-likeness (QED) is 0.168. The van der Waals surface area contributed by atoms with Crippen LogP contribution >= 0.6 is 57.4 Å². The van der Waals surface area contributed by atoms with E-state index in [0.29, 0.717) is 0 Å². The fourth-order valence-corrected chi connectivity index (χ4v) is 4.98. The molecule has 3 aromatic carbocycles. The summed E-state index contributed by atoms with van der Waals surface area (Å²) in [7, 11) is 0. The summed E-state index contributed by atoms with van der Waals surface area (Å²) in [5.41, 5.74) is 5.34. The number of benzene rings is 3. The fraction of sp³-hybridized carbons (Fsp3) is 0.130. The molecule has 0 heterocycles. The zero-order valence-electron chi connectivity index (χ0n) is 17.0. The summed E-state index contributed by atoms with van der Waals surface area (Å²) in [6.45, 7) is 0. The first-order chi connectivity index (χ1) is 16.0. The largest absolute Gasteiger partial charge is 0.394 e. The van der Waals surface area contributed by atoms with Crippen LogP contribution < -0.4 is 16.4 Å². The number of amides is 2. The molecule has 5 nitrogen and oxygen atoms in total. The maximum Gasteiger partial charge on any atom is 0.257 e. The molecule has 4 N–H and O–H groups in total. The third-order valence-corrected chi connectivity index (χ3v) is 7.41. The van der Waals surface area contributed by atoms with Gasteiger partial charge in [0.25, 0.3) is 5.91 Å². The van der Waals surface area contributed by atoms with Gasteiger partial charge in [0.1, 0.15) is 15.8 Å². The molecule has 4 rings (SSSR count). The monoisotopic (exact) mass is 635 g/mol. The molecule has 3 aromatic rings. The first-order valence-electron chi connectivity index (χ1n) is 9.79. The minimum Gasteiger partial charge on any atom is -0.394 e. The van der Waals surface area contributed by atoms with Crippen LogP contribution in [0.15, 0.2) is 54.6 Å². The predicted octanol–water partition coefficient (Wildman–Crippen LogP) is 6.58. The van der Waals surface area contributed by atoms with E-state index in [1.54, 1.807) is 0 Å². The van der Waals surface area contributed by atoms with Crippen molar-refractivity contribution in [2.24, 2.45) is 5.92 Å². The Hall–Kier alpha value is -2.14. The smallest absolute Gasteiger partial charge is 0.257 e. The molecule has 0 saturated heterocycles. The Morgan fingerprint density at radius 3 is 2.35 bits per heavy atom. The number of nitrogens with two attached hydrogens (primary N) is 1. The molecule has 1 fully saturated rings. The van der Waals surface area contributed by atoms with Crippen molar-refractivity contribution < 1.29 is 18.4 Å². The van der Waals surface area contributed by atoms with Crippen molar-refractivity contribution in [1.29, 1.82) is 0 Å². The van der Waals surface area contributed by atoms with E-state index < -0.39 is 45.3 Å². The molecule has 0 unspecified atom stereocenters. The van der Waals surface area contributed by atoms with Gasteiger partial charge in [0.05, 0.1) is 22.2 Å². The average molecular weight is 637 g/mol. The van der Waals surface area contributed by atoms with Crippen molar-refractivity contribution in [2.75, 3.05) is 16.4 Å². The lowest BCUT2D eigenvalue weighted by molar-refractivity contribution is -0.117. The summed E-state index contributed by atoms with van der Waals surface area (Å²) in [4.78, 5) is 25.6. The molecule has 1 aliphatic rings. The van der Waals surface area contributed by atoms with Crippen LogP contribution in [0.4, 0.5) is 25.8 Å². The van der Waals surface area contributed by atoms with Gasteiger partial charge in [-0.2, -0.15) is 0 Å². The highest BCUT2D eigenvalue weighted by molar-refractivity contribution is 14.1. The third kappa shape index (κ3) is 4.82. The van der Waals surface area contributed by atoms with Crippen LogP contribution in [0.2, 0.25) is 5.02 Å². The van der Waals surface area contributed by atoms with Gasteiger partial charge in [0.2, 0.25) is 5.91 Å². The highest BCUT2D eigenvalue weighted by Gasteiger charge is 2.67. The van der Waals surface area contributed by atoms with Gasteiger partial charge >= 0.3 is 0 Å². The summed E-state index contributed by atoms with van der Waals surface area (Å²) in [5, 5.41) is 5.04. The zero-order valence-corrected chi connectivity index (χ0v) is 21.4. The summed E-state index contributed by atoms with van der Waals surface area (Å²) in [6, 6.07) is 13.7. The molecule has 1 aliphatic carbocycles. The second-order valence-electron chi connectivity index (χ2n) is 7.64. The number of rotatable bonds is 5. The minimum atomic E-state index is -1.27. The number of alkyl halides is 2. The highest BCUT2D eigenvalue weighted by atomic mass is 127. The lowest BCUT2D eigenvalue weighted by Gasteiger charge is -2.11. The second-order valence-corrected chi connectivity index (χ2v) is 10.7. The van der Waals surface area contributed by atoms with Crippen LogP contribution in [-0.4, -0.2) is 16.1 Å². The van der Waals surface area contributed by atoms with Gasteiger partial charge in [-0.1, -0.05) is 23.7 Å². The van der Waals surface area contributed by atoms with Crippen molar-refractivity contribution >= 4 is 86.3 Å². The summed E-state index contributed by atoms with van der Waals surface area (Å²) < 4.78 is 27.3. The van der Waals surface area contributed by atoms with Crippen LogP contribution in [-0.2, 0) is 4.79 Å². The Labute approximate surface area is 222 Å². The molecule has 0 aromatic heterocycles. The molecule has 176 valence electrons. The van der Waals surface area contributed by atoms with Crippen LogP contribution in [0.5, 0.6) is 0 Å². The number of hydrogen-bond donors (Lipinski definition) is 3. The molecule has 2 atom stereocenters. The van der Waals surface area contributed by atoms with E-state index in [9.17, 15) is 18.4 Å². The first kappa shape index (κ1) is 25.0. The lowest BCUT2D eigenvalue weighted by Crippen LogP contribution is -2.18. The predicted molar refractivity (Wildman–Crippen MR) is 139 cm³/mol. The molecular formula is C23H15Cl3F2IN3O2. The molecule has 2 amide bonds. The van der Waals surface area contributed by atoms with E-state index in [-0.39, 0.29) is 22.0 Å². The van der Waals surface area contributed by atoms with Crippen LogP contribution in [0.1, 0.15) is 21.8 Å². The van der Waals surface area contributed by atoms with E-state index in [0.717, 1.165) is 21.3 Å². The molecule has 0 bridgehead atoms. The number of anilines is 3. The van der Waals surface area contributed by atoms with Gasteiger partial charge < -0.3 is 16.4 Å². The normalized spacial score (nSPS) is 18.3.